The lowest BCUT2D eigenvalue weighted by Crippen LogP contribution is -2.39. The van der Waals surface area contributed by atoms with Crippen LogP contribution < -0.4 is 9.47 Å². The molecule has 1 N–H and O–H groups in total. The van der Waals surface area contributed by atoms with E-state index in [-0.39, 0.29) is 12.8 Å². The van der Waals surface area contributed by atoms with E-state index >= 15 is 0 Å². The van der Waals surface area contributed by atoms with Crippen molar-refractivity contribution in [2.75, 3.05) is 13.7 Å². The smallest absolute Gasteiger partial charge is 0.162 e. The lowest BCUT2D eigenvalue weighted by molar-refractivity contribution is 0.145. The van der Waals surface area contributed by atoms with E-state index in [9.17, 15) is 5.11 Å². The minimum Gasteiger partial charge on any atom is -0.493 e. The average Bonchev–Trinajstić information content (AvgIpc) is 3.19. The van der Waals surface area contributed by atoms with Crippen LogP contribution in [0.4, 0.5) is 0 Å². The molecule has 6 rings (SSSR count). The summed E-state index contributed by atoms with van der Waals surface area (Å²) in [6.45, 7) is 2.34. The van der Waals surface area contributed by atoms with Crippen LogP contribution in [0.1, 0.15) is 34.0 Å². The fourth-order valence-electron chi connectivity index (χ4n) is 5.59. The Labute approximate surface area is 207 Å². The molecule has 0 bridgehead atoms. The predicted molar refractivity (Wildman–Crippen MR) is 136 cm³/mol. The van der Waals surface area contributed by atoms with E-state index in [2.05, 4.69) is 67.9 Å². The van der Waals surface area contributed by atoms with Gasteiger partial charge in [0, 0.05) is 34.7 Å². The van der Waals surface area contributed by atoms with Crippen LogP contribution >= 0.6 is 15.9 Å². The van der Waals surface area contributed by atoms with Crippen LogP contribution in [0, 0.1) is 0 Å². The fourth-order valence-corrected chi connectivity index (χ4v) is 5.85. The molecule has 1 unspecified atom stereocenters. The third-order valence-corrected chi connectivity index (χ3v) is 7.82. The molecular formula is C28H27BrN2O3. The molecule has 3 heterocycles. The lowest BCUT2D eigenvalue weighted by Gasteiger charge is -2.41. The number of halogens is 1. The Morgan fingerprint density at radius 1 is 1.06 bits per heavy atom. The van der Waals surface area contributed by atoms with Crippen LogP contribution in [-0.2, 0) is 32.7 Å². The average molecular weight is 519 g/mol. The van der Waals surface area contributed by atoms with Gasteiger partial charge in [-0.05, 0) is 65.4 Å². The van der Waals surface area contributed by atoms with E-state index in [0.717, 1.165) is 53.0 Å². The summed E-state index contributed by atoms with van der Waals surface area (Å²) in [5.41, 5.74) is 7.48. The molecule has 1 aromatic heterocycles. The van der Waals surface area contributed by atoms with Crippen molar-refractivity contribution in [1.29, 1.82) is 0 Å². The summed E-state index contributed by atoms with van der Waals surface area (Å²) in [5.74, 6) is 1.58. The third-order valence-electron chi connectivity index (χ3n) is 7.29. The molecular weight excluding hydrogens is 492 g/mol. The SMILES string of the molecule is COc1cc2c(cc1OCc1ccc(Br)cc1)C1Cc3c(n(CO)c4ccccc34)CN1CC2. The highest BCUT2D eigenvalue weighted by molar-refractivity contribution is 9.10. The molecule has 174 valence electrons. The van der Waals surface area contributed by atoms with E-state index < -0.39 is 0 Å². The largest absolute Gasteiger partial charge is 0.493 e. The van der Waals surface area contributed by atoms with E-state index in [0.29, 0.717) is 6.61 Å². The number of hydrogen-bond donors (Lipinski definition) is 1. The molecule has 0 aliphatic carbocycles. The predicted octanol–water partition coefficient (Wildman–Crippen LogP) is 5.60. The van der Waals surface area contributed by atoms with Gasteiger partial charge in [0.05, 0.1) is 12.6 Å². The van der Waals surface area contributed by atoms with Gasteiger partial charge in [0.1, 0.15) is 13.3 Å². The summed E-state index contributed by atoms with van der Waals surface area (Å²) in [7, 11) is 1.71. The van der Waals surface area contributed by atoms with Gasteiger partial charge in [-0.3, -0.25) is 4.90 Å². The number of benzene rings is 3. The molecule has 0 saturated carbocycles. The number of nitrogens with zero attached hydrogens (tertiary/aromatic N) is 2. The van der Waals surface area contributed by atoms with Crippen molar-refractivity contribution in [2.45, 2.75) is 38.8 Å². The number of para-hydroxylation sites is 1. The van der Waals surface area contributed by atoms with Gasteiger partial charge in [-0.2, -0.15) is 0 Å². The Balaban J connectivity index is 1.36. The molecule has 34 heavy (non-hydrogen) atoms. The van der Waals surface area contributed by atoms with Crippen molar-refractivity contribution in [3.8, 4) is 11.5 Å². The van der Waals surface area contributed by atoms with E-state index in [1.165, 1.54) is 27.8 Å². The first kappa shape index (κ1) is 21.7. The number of fused-ring (bicyclic) bond motifs is 6. The third kappa shape index (κ3) is 3.61. The number of hydrogen-bond acceptors (Lipinski definition) is 4. The zero-order valence-electron chi connectivity index (χ0n) is 19.1. The van der Waals surface area contributed by atoms with E-state index in [4.69, 9.17) is 9.47 Å². The quantitative estimate of drug-likeness (QED) is 0.373. The number of ether oxygens (including phenoxy) is 2. The van der Waals surface area contributed by atoms with Crippen LogP contribution in [-0.4, -0.2) is 28.2 Å². The fraction of sp³-hybridized carbons (Fsp3) is 0.286. The zero-order valence-corrected chi connectivity index (χ0v) is 20.7. The van der Waals surface area contributed by atoms with Crippen LogP contribution in [0.3, 0.4) is 0 Å². The molecule has 5 nitrogen and oxygen atoms in total. The zero-order chi connectivity index (χ0) is 23.2. The summed E-state index contributed by atoms with van der Waals surface area (Å²) < 4.78 is 15.1. The minimum absolute atomic E-state index is 0.0101. The maximum absolute atomic E-state index is 10.1. The van der Waals surface area contributed by atoms with Gasteiger partial charge in [-0.15, -0.1) is 0 Å². The molecule has 0 fully saturated rings. The molecule has 2 aliphatic rings. The minimum atomic E-state index is 0.0101. The maximum Gasteiger partial charge on any atom is 0.162 e. The van der Waals surface area contributed by atoms with E-state index in [1.54, 1.807) is 7.11 Å². The molecule has 4 aromatic rings. The molecule has 2 aliphatic heterocycles. The van der Waals surface area contributed by atoms with Crippen molar-refractivity contribution < 1.29 is 14.6 Å². The Morgan fingerprint density at radius 2 is 1.88 bits per heavy atom. The normalized spacial score (nSPS) is 17.2. The van der Waals surface area contributed by atoms with Crippen molar-refractivity contribution in [1.82, 2.24) is 9.47 Å². The number of rotatable bonds is 5. The summed E-state index contributed by atoms with van der Waals surface area (Å²) in [6, 6.07) is 21.3. The molecule has 0 spiro atoms. The molecule has 6 heteroatoms. The second kappa shape index (κ2) is 8.77. The number of aliphatic hydroxyl groups is 1. The number of aliphatic hydroxyl groups excluding tert-OH is 1. The lowest BCUT2D eigenvalue weighted by atomic mass is 9.85. The second-order valence-corrected chi connectivity index (χ2v) is 9.98. The molecule has 0 amide bonds. The van der Waals surface area contributed by atoms with Gasteiger partial charge >= 0.3 is 0 Å². The number of aromatic nitrogens is 1. The molecule has 3 aromatic carbocycles. The second-order valence-electron chi connectivity index (χ2n) is 9.07. The highest BCUT2D eigenvalue weighted by atomic mass is 79.9. The van der Waals surface area contributed by atoms with Gasteiger partial charge in [0.25, 0.3) is 0 Å². The maximum atomic E-state index is 10.1. The Morgan fingerprint density at radius 3 is 2.68 bits per heavy atom. The van der Waals surface area contributed by atoms with Gasteiger partial charge in [0.15, 0.2) is 11.5 Å². The molecule has 1 atom stereocenters. The van der Waals surface area contributed by atoms with Crippen LogP contribution in [0.2, 0.25) is 0 Å². The Hall–Kier alpha value is -2.80. The first-order chi connectivity index (χ1) is 16.7. The van der Waals surface area contributed by atoms with Crippen LogP contribution in [0.5, 0.6) is 11.5 Å². The molecule has 0 saturated heterocycles. The summed E-state index contributed by atoms with van der Waals surface area (Å²) >= 11 is 3.49. The Bertz CT molecular complexity index is 1360. The van der Waals surface area contributed by atoms with Crippen LogP contribution in [0.25, 0.3) is 10.9 Å². The summed E-state index contributed by atoms with van der Waals surface area (Å²) in [5, 5.41) is 11.4. The van der Waals surface area contributed by atoms with Gasteiger partial charge in [-0.1, -0.05) is 46.3 Å². The standard InChI is InChI=1S/C28H27BrN2O3/c1-33-27-12-19-10-11-30-15-26-23(21-4-2-3-5-24(21)31(26)17-32)13-25(30)22(19)14-28(27)34-16-18-6-8-20(29)9-7-18/h2-9,12,14,25,32H,10-11,13,15-17H2,1H3. The van der Waals surface area contributed by atoms with E-state index in [1.807, 2.05) is 18.2 Å². The summed E-state index contributed by atoms with van der Waals surface area (Å²) in [6.07, 6.45) is 1.90. The van der Waals surface area contributed by atoms with Crippen molar-refractivity contribution in [3.63, 3.8) is 0 Å². The van der Waals surface area contributed by atoms with Crippen LogP contribution in [0.15, 0.2) is 65.1 Å². The Kier molecular flexibility index (Phi) is 5.60. The van der Waals surface area contributed by atoms with Gasteiger partial charge in [-0.25, -0.2) is 0 Å². The topological polar surface area (TPSA) is 46.9 Å². The highest BCUT2D eigenvalue weighted by Crippen LogP contribution is 2.44. The van der Waals surface area contributed by atoms with Crippen molar-refractivity contribution >= 4 is 26.8 Å². The number of methoxy groups -OCH3 is 1. The van der Waals surface area contributed by atoms with Crippen molar-refractivity contribution in [3.05, 3.63) is 93.1 Å². The monoisotopic (exact) mass is 518 g/mol. The van der Waals surface area contributed by atoms with Crippen molar-refractivity contribution in [2.24, 2.45) is 0 Å². The summed E-state index contributed by atoms with van der Waals surface area (Å²) in [4.78, 5) is 2.54. The highest BCUT2D eigenvalue weighted by Gasteiger charge is 2.35. The first-order valence-corrected chi connectivity index (χ1v) is 12.5. The van der Waals surface area contributed by atoms with Gasteiger partial charge < -0.3 is 19.1 Å². The van der Waals surface area contributed by atoms with Gasteiger partial charge in [0.2, 0.25) is 0 Å². The molecule has 0 radical (unpaired) electrons. The first-order valence-electron chi connectivity index (χ1n) is 11.7.